The molecule has 0 aliphatic heterocycles. The lowest BCUT2D eigenvalue weighted by atomic mass is 10.1. The summed E-state index contributed by atoms with van der Waals surface area (Å²) in [4.78, 5) is 1.06. The zero-order chi connectivity index (χ0) is 16.0. The Kier molecular flexibility index (Phi) is 5.98. The fraction of sp³-hybridized carbons (Fsp3) is 0.462. The van der Waals surface area contributed by atoms with E-state index in [1.54, 1.807) is 12.1 Å². The molecule has 0 fully saturated rings. The molecule has 118 valence electrons. The number of methoxy groups -OCH3 is 1. The van der Waals surface area contributed by atoms with Gasteiger partial charge in [-0.15, -0.1) is 0 Å². The van der Waals surface area contributed by atoms with E-state index in [9.17, 15) is 13.2 Å². The zero-order valence-electron chi connectivity index (χ0n) is 11.6. The Hall–Kier alpha value is -1.80. The highest BCUT2D eigenvalue weighted by atomic mass is 19.4. The van der Waals surface area contributed by atoms with Crippen LogP contribution in [0.15, 0.2) is 18.2 Å². The monoisotopic (exact) mass is 305 g/mol. The van der Waals surface area contributed by atoms with Crippen LogP contribution in [0.4, 0.5) is 13.2 Å². The van der Waals surface area contributed by atoms with Gasteiger partial charge >= 0.3 is 6.18 Å². The summed E-state index contributed by atoms with van der Waals surface area (Å²) >= 11 is 0. The minimum atomic E-state index is -4.36. The highest BCUT2D eigenvalue weighted by molar-refractivity contribution is 5.95. The summed E-state index contributed by atoms with van der Waals surface area (Å²) in [6, 6.07) is 4.63. The predicted octanol–water partition coefficient (Wildman–Crippen LogP) is 1.34. The maximum Gasteiger partial charge on any atom is 0.401 e. The summed E-state index contributed by atoms with van der Waals surface area (Å²) in [6.45, 7) is -1.71. The Labute approximate surface area is 120 Å². The summed E-state index contributed by atoms with van der Waals surface area (Å²) in [6.07, 6.45) is -4.36. The second-order valence-electron chi connectivity index (χ2n) is 4.49. The van der Waals surface area contributed by atoms with Gasteiger partial charge in [0.2, 0.25) is 0 Å². The van der Waals surface area contributed by atoms with Crippen molar-refractivity contribution in [2.75, 3.05) is 26.8 Å². The number of ether oxygens (including phenoxy) is 1. The van der Waals surface area contributed by atoms with Gasteiger partial charge in [-0.3, -0.25) is 10.3 Å². The quantitative estimate of drug-likeness (QED) is 0.524. The zero-order valence-corrected chi connectivity index (χ0v) is 11.6. The van der Waals surface area contributed by atoms with E-state index in [0.717, 1.165) is 4.90 Å². The van der Waals surface area contributed by atoms with Crippen molar-refractivity contribution in [3.8, 4) is 5.75 Å². The molecule has 0 radical (unpaired) electrons. The van der Waals surface area contributed by atoms with Crippen LogP contribution in [0.1, 0.15) is 11.1 Å². The van der Waals surface area contributed by atoms with Gasteiger partial charge < -0.3 is 15.6 Å². The average Bonchev–Trinajstić information content (AvgIpc) is 2.36. The molecule has 0 amide bonds. The number of amidine groups is 1. The maximum absolute atomic E-state index is 12.5. The van der Waals surface area contributed by atoms with Gasteiger partial charge in [-0.25, -0.2) is 0 Å². The van der Waals surface area contributed by atoms with E-state index in [2.05, 4.69) is 0 Å². The van der Waals surface area contributed by atoms with Gasteiger partial charge in [-0.2, -0.15) is 13.2 Å². The van der Waals surface area contributed by atoms with Gasteiger partial charge in [-0.1, -0.05) is 0 Å². The number of alkyl halides is 3. The van der Waals surface area contributed by atoms with Crippen LogP contribution in [-0.4, -0.2) is 48.8 Å². The molecule has 0 bridgehead atoms. The molecule has 0 saturated carbocycles. The number of benzene rings is 1. The van der Waals surface area contributed by atoms with E-state index in [4.69, 9.17) is 21.0 Å². The number of hydrogen-bond donors (Lipinski definition) is 3. The number of aliphatic hydroxyl groups excluding tert-OH is 1. The van der Waals surface area contributed by atoms with E-state index in [1.165, 1.54) is 13.2 Å². The second kappa shape index (κ2) is 7.28. The van der Waals surface area contributed by atoms with Gasteiger partial charge in [0.15, 0.2) is 0 Å². The van der Waals surface area contributed by atoms with Gasteiger partial charge in [-0.05, 0) is 18.2 Å². The highest BCUT2D eigenvalue weighted by Gasteiger charge is 2.30. The van der Waals surface area contributed by atoms with E-state index < -0.39 is 12.7 Å². The largest absolute Gasteiger partial charge is 0.496 e. The molecule has 5 nitrogen and oxygen atoms in total. The molecule has 8 heteroatoms. The summed E-state index contributed by atoms with van der Waals surface area (Å²) in [5.41, 5.74) is 6.25. The fourth-order valence-electron chi connectivity index (χ4n) is 1.92. The molecule has 0 aromatic heterocycles. The Balaban J connectivity index is 3.00. The van der Waals surface area contributed by atoms with Crippen molar-refractivity contribution in [2.45, 2.75) is 12.7 Å². The summed E-state index contributed by atoms with van der Waals surface area (Å²) in [7, 11) is 1.41. The van der Waals surface area contributed by atoms with Gasteiger partial charge in [0.1, 0.15) is 11.6 Å². The smallest absolute Gasteiger partial charge is 0.401 e. The minimum Gasteiger partial charge on any atom is -0.496 e. The number of nitrogens with zero attached hydrogens (tertiary/aromatic N) is 1. The summed E-state index contributed by atoms with van der Waals surface area (Å²) < 4.78 is 42.6. The molecule has 1 rings (SSSR count). The van der Waals surface area contributed by atoms with Crippen molar-refractivity contribution in [1.29, 1.82) is 5.41 Å². The lowest BCUT2D eigenvalue weighted by Gasteiger charge is -2.24. The van der Waals surface area contributed by atoms with Crippen LogP contribution in [0.3, 0.4) is 0 Å². The second-order valence-corrected chi connectivity index (χ2v) is 4.49. The fourth-order valence-corrected chi connectivity index (χ4v) is 1.92. The molecule has 0 saturated heterocycles. The summed E-state index contributed by atoms with van der Waals surface area (Å²) in [5.74, 6) is 0.230. The van der Waals surface area contributed by atoms with Crippen molar-refractivity contribution in [2.24, 2.45) is 5.73 Å². The molecule has 0 aliphatic carbocycles. The third-order valence-corrected chi connectivity index (χ3v) is 2.80. The number of halogens is 3. The van der Waals surface area contributed by atoms with Gasteiger partial charge in [0, 0.05) is 24.2 Å². The Bertz CT molecular complexity index is 492. The normalized spacial score (nSPS) is 11.7. The van der Waals surface area contributed by atoms with Crippen LogP contribution >= 0.6 is 0 Å². The molecule has 1 aromatic rings. The minimum absolute atomic E-state index is 0.0651. The lowest BCUT2D eigenvalue weighted by Crippen LogP contribution is -2.35. The van der Waals surface area contributed by atoms with Crippen molar-refractivity contribution >= 4 is 5.84 Å². The highest BCUT2D eigenvalue weighted by Crippen LogP contribution is 2.24. The third kappa shape index (κ3) is 5.60. The first kappa shape index (κ1) is 17.3. The van der Waals surface area contributed by atoms with Crippen LogP contribution in [0.25, 0.3) is 0 Å². The van der Waals surface area contributed by atoms with Crippen LogP contribution in [0.5, 0.6) is 5.75 Å². The first-order chi connectivity index (χ1) is 9.76. The average molecular weight is 305 g/mol. The third-order valence-electron chi connectivity index (χ3n) is 2.80. The molecular weight excluding hydrogens is 287 g/mol. The SMILES string of the molecule is COc1ccc(C(=N)N)cc1CN(CCO)CC(F)(F)F. The number of nitrogens with two attached hydrogens (primary N) is 1. The molecule has 0 atom stereocenters. The predicted molar refractivity (Wildman–Crippen MR) is 72.4 cm³/mol. The number of nitrogens with one attached hydrogen (secondary N) is 1. The molecule has 0 aliphatic rings. The van der Waals surface area contributed by atoms with Gasteiger partial charge in [0.05, 0.1) is 20.3 Å². The number of nitrogen functional groups attached to an aromatic ring is 1. The van der Waals surface area contributed by atoms with Gasteiger partial charge in [0.25, 0.3) is 0 Å². The van der Waals surface area contributed by atoms with Crippen molar-refractivity contribution in [3.63, 3.8) is 0 Å². The van der Waals surface area contributed by atoms with E-state index >= 15 is 0 Å². The van der Waals surface area contributed by atoms with Crippen LogP contribution in [0, 0.1) is 5.41 Å². The molecule has 4 N–H and O–H groups in total. The number of rotatable bonds is 7. The summed E-state index contributed by atoms with van der Waals surface area (Å²) in [5, 5.41) is 16.3. The molecular formula is C13H18F3N3O2. The Morgan fingerprint density at radius 1 is 1.43 bits per heavy atom. The molecule has 1 aromatic carbocycles. The van der Waals surface area contributed by atoms with Crippen molar-refractivity contribution in [1.82, 2.24) is 4.90 Å². The lowest BCUT2D eigenvalue weighted by molar-refractivity contribution is -0.148. The Morgan fingerprint density at radius 3 is 2.57 bits per heavy atom. The molecule has 0 spiro atoms. The van der Waals surface area contributed by atoms with Crippen molar-refractivity contribution in [3.05, 3.63) is 29.3 Å². The maximum atomic E-state index is 12.5. The Morgan fingerprint density at radius 2 is 2.10 bits per heavy atom. The first-order valence-corrected chi connectivity index (χ1v) is 6.18. The van der Waals surface area contributed by atoms with E-state index in [-0.39, 0.29) is 25.5 Å². The molecule has 0 heterocycles. The first-order valence-electron chi connectivity index (χ1n) is 6.18. The topological polar surface area (TPSA) is 82.6 Å². The van der Waals surface area contributed by atoms with Crippen LogP contribution in [0.2, 0.25) is 0 Å². The molecule has 0 unspecified atom stereocenters. The number of aliphatic hydroxyl groups is 1. The molecule has 21 heavy (non-hydrogen) atoms. The standard InChI is InChI=1S/C13H18F3N3O2/c1-21-11-3-2-9(12(17)18)6-10(11)7-19(4-5-20)8-13(14,15)16/h2-3,6,20H,4-5,7-8H2,1H3,(H3,17,18). The van der Waals surface area contributed by atoms with Crippen LogP contribution < -0.4 is 10.5 Å². The van der Waals surface area contributed by atoms with E-state index in [1.807, 2.05) is 0 Å². The van der Waals surface area contributed by atoms with Crippen LogP contribution in [-0.2, 0) is 6.54 Å². The van der Waals surface area contributed by atoms with Crippen molar-refractivity contribution < 1.29 is 23.0 Å². The number of hydrogen-bond acceptors (Lipinski definition) is 4. The van der Waals surface area contributed by atoms with E-state index in [0.29, 0.717) is 16.9 Å².